The number of benzene rings is 1. The maximum absolute atomic E-state index is 11.0. The molecule has 2 rings (SSSR count). The van der Waals surface area contributed by atoms with Gasteiger partial charge in [0, 0.05) is 11.1 Å². The molecule has 1 fully saturated rings. The largest absolute Gasteiger partial charge is 0.478 e. The molecule has 0 spiro atoms. The molecule has 16 heavy (non-hydrogen) atoms. The van der Waals surface area contributed by atoms with Crippen LogP contribution in [0, 0.1) is 5.92 Å². The Morgan fingerprint density at radius 3 is 2.94 bits per heavy atom. The van der Waals surface area contributed by atoms with Gasteiger partial charge < -0.3 is 10.4 Å². The maximum atomic E-state index is 11.0. The van der Waals surface area contributed by atoms with Crippen molar-refractivity contribution in [1.29, 1.82) is 0 Å². The number of anilines is 1. The molecule has 4 heteroatoms. The Morgan fingerprint density at radius 1 is 1.62 bits per heavy atom. The third-order valence-corrected chi connectivity index (χ3v) is 3.23. The molecule has 0 saturated heterocycles. The summed E-state index contributed by atoms with van der Waals surface area (Å²) in [7, 11) is 0. The van der Waals surface area contributed by atoms with Crippen molar-refractivity contribution in [2.45, 2.75) is 25.8 Å². The minimum Gasteiger partial charge on any atom is -0.478 e. The Hall–Kier alpha value is -1.22. The molecule has 2 unspecified atom stereocenters. The van der Waals surface area contributed by atoms with Crippen LogP contribution in [-0.4, -0.2) is 17.1 Å². The van der Waals surface area contributed by atoms with Gasteiger partial charge in [-0.3, -0.25) is 0 Å². The van der Waals surface area contributed by atoms with Crippen LogP contribution in [0.25, 0.3) is 0 Å². The molecule has 2 atom stereocenters. The summed E-state index contributed by atoms with van der Waals surface area (Å²) < 4.78 is 0. The number of carboxylic acids is 1. The summed E-state index contributed by atoms with van der Waals surface area (Å²) in [5, 5.41) is 12.8. The smallest absolute Gasteiger partial charge is 0.337 e. The fraction of sp³-hybridized carbons (Fsp3) is 0.417. The molecule has 0 radical (unpaired) electrons. The zero-order valence-electron chi connectivity index (χ0n) is 9.03. The number of halogens is 1. The molecule has 1 aromatic rings. The lowest BCUT2D eigenvalue weighted by Crippen LogP contribution is -2.09. The number of carboxylic acid groups (broad SMARTS) is 1. The first-order valence-corrected chi connectivity index (χ1v) is 5.79. The Kier molecular flexibility index (Phi) is 3.06. The SMILES string of the molecule is CCC1CC1Nc1cc(Cl)ccc1C(=O)O. The van der Waals surface area contributed by atoms with Crippen LogP contribution >= 0.6 is 11.6 Å². The van der Waals surface area contributed by atoms with Gasteiger partial charge in [-0.1, -0.05) is 24.9 Å². The molecule has 0 aromatic heterocycles. The van der Waals surface area contributed by atoms with Crippen molar-refractivity contribution < 1.29 is 9.90 Å². The van der Waals surface area contributed by atoms with Crippen LogP contribution in [0.4, 0.5) is 5.69 Å². The number of carbonyl (C=O) groups is 1. The topological polar surface area (TPSA) is 49.3 Å². The number of hydrogen-bond donors (Lipinski definition) is 2. The molecular weight excluding hydrogens is 226 g/mol. The summed E-state index contributed by atoms with van der Waals surface area (Å²) in [5.74, 6) is -0.256. The summed E-state index contributed by atoms with van der Waals surface area (Å²) >= 11 is 5.86. The van der Waals surface area contributed by atoms with E-state index in [9.17, 15) is 4.79 Å². The van der Waals surface area contributed by atoms with Gasteiger partial charge in [0.05, 0.1) is 11.3 Å². The van der Waals surface area contributed by atoms with E-state index < -0.39 is 5.97 Å². The second kappa shape index (κ2) is 4.34. The van der Waals surface area contributed by atoms with Crippen LogP contribution in [0.1, 0.15) is 30.1 Å². The van der Waals surface area contributed by atoms with Gasteiger partial charge in [0.2, 0.25) is 0 Å². The van der Waals surface area contributed by atoms with E-state index in [1.165, 1.54) is 6.07 Å². The minimum atomic E-state index is -0.923. The van der Waals surface area contributed by atoms with E-state index in [0.717, 1.165) is 12.8 Å². The van der Waals surface area contributed by atoms with Gasteiger partial charge in [-0.25, -0.2) is 4.79 Å². The number of aromatic carboxylic acids is 1. The van der Waals surface area contributed by atoms with Crippen molar-refractivity contribution in [3.05, 3.63) is 28.8 Å². The first-order chi connectivity index (χ1) is 7.61. The zero-order chi connectivity index (χ0) is 11.7. The number of rotatable bonds is 4. The molecule has 1 aliphatic rings. The highest BCUT2D eigenvalue weighted by molar-refractivity contribution is 6.31. The highest BCUT2D eigenvalue weighted by Crippen LogP contribution is 2.37. The quantitative estimate of drug-likeness (QED) is 0.848. The zero-order valence-corrected chi connectivity index (χ0v) is 9.79. The van der Waals surface area contributed by atoms with Crippen LogP contribution in [0.5, 0.6) is 0 Å². The highest BCUT2D eigenvalue weighted by atomic mass is 35.5. The van der Waals surface area contributed by atoms with E-state index >= 15 is 0 Å². The van der Waals surface area contributed by atoms with E-state index in [2.05, 4.69) is 12.2 Å². The monoisotopic (exact) mass is 239 g/mol. The number of nitrogens with one attached hydrogen (secondary N) is 1. The molecule has 2 N–H and O–H groups in total. The Labute approximate surface area is 99.4 Å². The lowest BCUT2D eigenvalue weighted by Gasteiger charge is -2.09. The molecular formula is C12H14ClNO2. The number of hydrogen-bond acceptors (Lipinski definition) is 2. The summed E-state index contributed by atoms with van der Waals surface area (Å²) in [6, 6.07) is 5.22. The molecule has 0 amide bonds. The van der Waals surface area contributed by atoms with Crippen LogP contribution in [-0.2, 0) is 0 Å². The van der Waals surface area contributed by atoms with Crippen molar-refractivity contribution in [2.75, 3.05) is 5.32 Å². The van der Waals surface area contributed by atoms with Crippen molar-refractivity contribution in [3.8, 4) is 0 Å². The molecule has 86 valence electrons. The lowest BCUT2D eigenvalue weighted by atomic mass is 10.1. The van der Waals surface area contributed by atoms with Gasteiger partial charge >= 0.3 is 5.97 Å². The Morgan fingerprint density at radius 2 is 2.38 bits per heavy atom. The van der Waals surface area contributed by atoms with Gasteiger partial charge in [0.1, 0.15) is 0 Å². The predicted octanol–water partition coefficient (Wildman–Crippen LogP) is 3.25. The van der Waals surface area contributed by atoms with Gasteiger partial charge in [0.25, 0.3) is 0 Å². The Balaban J connectivity index is 2.18. The first-order valence-electron chi connectivity index (χ1n) is 5.41. The van der Waals surface area contributed by atoms with Crippen LogP contribution in [0.2, 0.25) is 5.02 Å². The van der Waals surface area contributed by atoms with E-state index in [1.54, 1.807) is 12.1 Å². The van der Waals surface area contributed by atoms with Gasteiger partial charge in [0.15, 0.2) is 0 Å². The molecule has 0 bridgehead atoms. The van der Waals surface area contributed by atoms with E-state index in [4.69, 9.17) is 16.7 Å². The third kappa shape index (κ3) is 2.30. The summed E-state index contributed by atoms with van der Waals surface area (Å²) in [5.41, 5.74) is 0.909. The van der Waals surface area contributed by atoms with Crippen LogP contribution in [0.3, 0.4) is 0 Å². The average molecular weight is 240 g/mol. The summed E-state index contributed by atoms with van der Waals surface area (Å²) in [6.07, 6.45) is 2.24. The van der Waals surface area contributed by atoms with Crippen molar-refractivity contribution in [2.24, 2.45) is 5.92 Å². The van der Waals surface area contributed by atoms with E-state index in [0.29, 0.717) is 22.7 Å². The van der Waals surface area contributed by atoms with Gasteiger partial charge in [-0.2, -0.15) is 0 Å². The van der Waals surface area contributed by atoms with Crippen LogP contribution < -0.4 is 5.32 Å². The van der Waals surface area contributed by atoms with E-state index in [1.807, 2.05) is 0 Å². The Bertz CT molecular complexity index is 419. The molecule has 1 aromatic carbocycles. The van der Waals surface area contributed by atoms with Crippen LogP contribution in [0.15, 0.2) is 18.2 Å². The minimum absolute atomic E-state index is 0.283. The fourth-order valence-corrected chi connectivity index (χ4v) is 2.07. The van der Waals surface area contributed by atoms with Crippen molar-refractivity contribution >= 4 is 23.3 Å². The average Bonchev–Trinajstić information content (AvgIpc) is 2.96. The van der Waals surface area contributed by atoms with E-state index in [-0.39, 0.29) is 5.56 Å². The fourth-order valence-electron chi connectivity index (χ4n) is 1.90. The first kappa shape index (κ1) is 11.3. The molecule has 0 heterocycles. The normalized spacial score (nSPS) is 22.9. The van der Waals surface area contributed by atoms with Gasteiger partial charge in [-0.15, -0.1) is 0 Å². The maximum Gasteiger partial charge on any atom is 0.337 e. The summed E-state index contributed by atoms with van der Waals surface area (Å²) in [4.78, 5) is 11.0. The predicted molar refractivity (Wildman–Crippen MR) is 64.2 cm³/mol. The van der Waals surface area contributed by atoms with Crippen molar-refractivity contribution in [1.82, 2.24) is 0 Å². The second-order valence-electron chi connectivity index (χ2n) is 4.15. The standard InChI is InChI=1S/C12H14ClNO2/c1-2-7-5-10(7)14-11-6-8(13)3-4-9(11)12(15)16/h3-4,6-7,10,14H,2,5H2,1H3,(H,15,16). The van der Waals surface area contributed by atoms with Gasteiger partial charge in [-0.05, 0) is 30.5 Å². The third-order valence-electron chi connectivity index (χ3n) is 3.00. The summed E-state index contributed by atoms with van der Waals surface area (Å²) in [6.45, 7) is 2.14. The molecule has 0 aliphatic heterocycles. The molecule has 1 saturated carbocycles. The molecule has 3 nitrogen and oxygen atoms in total. The highest BCUT2D eigenvalue weighted by Gasteiger charge is 2.35. The lowest BCUT2D eigenvalue weighted by molar-refractivity contribution is 0.0698. The second-order valence-corrected chi connectivity index (χ2v) is 4.59. The van der Waals surface area contributed by atoms with Crippen molar-refractivity contribution in [3.63, 3.8) is 0 Å². The molecule has 1 aliphatic carbocycles.